The van der Waals surface area contributed by atoms with Gasteiger partial charge in [0.05, 0.1) is 26.7 Å². The van der Waals surface area contributed by atoms with Gasteiger partial charge in [0.25, 0.3) is 5.91 Å². The predicted octanol–water partition coefficient (Wildman–Crippen LogP) is 5.43. The van der Waals surface area contributed by atoms with E-state index in [0.717, 1.165) is 10.9 Å². The smallest absolute Gasteiger partial charge is 0.255 e. The molecule has 0 atom stereocenters. The average Bonchev–Trinajstić information content (AvgIpc) is 3.22. The van der Waals surface area contributed by atoms with Crippen molar-refractivity contribution in [1.82, 2.24) is 5.16 Å². The Balaban J connectivity index is 1.67. The molecule has 0 aliphatic heterocycles. The molecule has 0 aliphatic rings. The summed E-state index contributed by atoms with van der Waals surface area (Å²) in [5.74, 6) is 1.59. The van der Waals surface area contributed by atoms with E-state index in [4.69, 9.17) is 30.3 Å². The van der Waals surface area contributed by atoms with E-state index in [2.05, 4.69) is 10.5 Å². The van der Waals surface area contributed by atoms with Gasteiger partial charge in [0.2, 0.25) is 5.75 Å². The molecule has 1 aromatic heterocycles. The Bertz CT molecular complexity index is 1230. The second kappa shape index (κ2) is 8.57. The Labute approximate surface area is 183 Å². The molecule has 1 N–H and O–H groups in total. The number of benzene rings is 3. The third-order valence-electron chi connectivity index (χ3n) is 4.77. The van der Waals surface area contributed by atoms with Crippen LogP contribution < -0.4 is 19.5 Å². The summed E-state index contributed by atoms with van der Waals surface area (Å²) in [4.78, 5) is 12.9. The molecule has 31 heavy (non-hydrogen) atoms. The van der Waals surface area contributed by atoms with E-state index in [1.807, 2.05) is 12.1 Å². The summed E-state index contributed by atoms with van der Waals surface area (Å²) < 4.78 is 21.5. The number of anilines is 1. The van der Waals surface area contributed by atoms with Crippen molar-refractivity contribution in [3.8, 4) is 28.6 Å². The number of nitrogens with one attached hydrogen (secondary N) is 1. The Morgan fingerprint density at radius 1 is 0.935 bits per heavy atom. The number of nitrogens with zero attached hydrogens (tertiary/aromatic N) is 1. The fourth-order valence-corrected chi connectivity index (χ4v) is 3.37. The lowest BCUT2D eigenvalue weighted by Gasteiger charge is -2.14. The van der Waals surface area contributed by atoms with Crippen LogP contribution in [-0.2, 0) is 0 Å². The van der Waals surface area contributed by atoms with Crippen LogP contribution in [0.1, 0.15) is 10.4 Å². The summed E-state index contributed by atoms with van der Waals surface area (Å²) in [6.07, 6.45) is 0. The fraction of sp³-hybridized carbons (Fsp3) is 0.130. The lowest BCUT2D eigenvalue weighted by atomic mass is 10.1. The molecule has 1 amide bonds. The maximum atomic E-state index is 12.9. The molecule has 7 nitrogen and oxygen atoms in total. The molecule has 0 aliphatic carbocycles. The van der Waals surface area contributed by atoms with Crippen molar-refractivity contribution >= 4 is 34.1 Å². The predicted molar refractivity (Wildman–Crippen MR) is 119 cm³/mol. The molecule has 1 heterocycles. The van der Waals surface area contributed by atoms with Crippen LogP contribution in [0.4, 0.5) is 5.69 Å². The molecule has 4 aromatic rings. The van der Waals surface area contributed by atoms with Gasteiger partial charge in [-0.1, -0.05) is 16.8 Å². The van der Waals surface area contributed by atoms with Crippen molar-refractivity contribution in [2.75, 3.05) is 26.6 Å². The van der Waals surface area contributed by atoms with Crippen LogP contribution in [0, 0.1) is 0 Å². The van der Waals surface area contributed by atoms with Gasteiger partial charge in [-0.05, 0) is 42.5 Å². The summed E-state index contributed by atoms with van der Waals surface area (Å²) in [6.45, 7) is 0. The van der Waals surface area contributed by atoms with Gasteiger partial charge in [0.15, 0.2) is 17.3 Å². The molecule has 0 unspecified atom stereocenters. The molecule has 8 heteroatoms. The Hall–Kier alpha value is -3.71. The highest BCUT2D eigenvalue weighted by Gasteiger charge is 2.17. The van der Waals surface area contributed by atoms with Crippen molar-refractivity contribution in [3.63, 3.8) is 0 Å². The summed E-state index contributed by atoms with van der Waals surface area (Å²) >= 11 is 5.97. The first-order valence-corrected chi connectivity index (χ1v) is 9.68. The zero-order valence-electron chi connectivity index (χ0n) is 17.1. The van der Waals surface area contributed by atoms with Crippen molar-refractivity contribution in [2.45, 2.75) is 0 Å². The first kappa shape index (κ1) is 20.6. The van der Waals surface area contributed by atoms with Crippen molar-refractivity contribution in [2.24, 2.45) is 0 Å². The number of aromatic nitrogens is 1. The van der Waals surface area contributed by atoms with E-state index in [1.165, 1.54) is 21.3 Å². The number of carbonyl (C=O) groups excluding carboxylic acids is 1. The van der Waals surface area contributed by atoms with E-state index in [9.17, 15) is 4.79 Å². The zero-order chi connectivity index (χ0) is 22.0. The Morgan fingerprint density at radius 2 is 1.61 bits per heavy atom. The average molecular weight is 439 g/mol. The maximum Gasteiger partial charge on any atom is 0.255 e. The fourth-order valence-electron chi connectivity index (χ4n) is 3.25. The topological polar surface area (TPSA) is 82.8 Å². The highest BCUT2D eigenvalue weighted by molar-refractivity contribution is 6.30. The van der Waals surface area contributed by atoms with Crippen LogP contribution in [0.2, 0.25) is 5.02 Å². The number of rotatable bonds is 6. The molecule has 0 bridgehead atoms. The lowest BCUT2D eigenvalue weighted by molar-refractivity contribution is 0.102. The number of hydrogen-bond acceptors (Lipinski definition) is 6. The maximum absolute atomic E-state index is 12.9. The van der Waals surface area contributed by atoms with Crippen LogP contribution in [0.15, 0.2) is 59.1 Å². The second-order valence-electron chi connectivity index (χ2n) is 6.62. The number of ether oxygens (including phenoxy) is 3. The molecular weight excluding hydrogens is 420 g/mol. The summed E-state index contributed by atoms with van der Waals surface area (Å²) in [5, 5.41) is 8.28. The van der Waals surface area contributed by atoms with Gasteiger partial charge in [0.1, 0.15) is 5.52 Å². The van der Waals surface area contributed by atoms with Crippen LogP contribution >= 0.6 is 11.6 Å². The van der Waals surface area contributed by atoms with Crippen LogP contribution in [0.3, 0.4) is 0 Å². The van der Waals surface area contributed by atoms with Crippen LogP contribution in [0.5, 0.6) is 17.2 Å². The number of fused-ring (bicyclic) bond motifs is 1. The van der Waals surface area contributed by atoms with Gasteiger partial charge >= 0.3 is 0 Å². The molecule has 3 aromatic carbocycles. The second-order valence-corrected chi connectivity index (χ2v) is 7.06. The standard InChI is InChI=1S/C23H19ClN2O5/c1-28-19-11-16(12-20(29-2)22(19)30-3)25-23(27)14-6-9-18-17(10-14)21(31-26-18)13-4-7-15(24)8-5-13/h4-12H,1-3H3,(H,25,27). The Kier molecular flexibility index (Phi) is 5.68. The van der Waals surface area contributed by atoms with Crippen molar-refractivity contribution < 1.29 is 23.5 Å². The van der Waals surface area contributed by atoms with Gasteiger partial charge in [0, 0.05) is 34.0 Å². The minimum atomic E-state index is -0.306. The van der Waals surface area contributed by atoms with E-state index in [-0.39, 0.29) is 5.91 Å². The molecule has 158 valence electrons. The SMILES string of the molecule is COc1cc(NC(=O)c2ccc3noc(-c4ccc(Cl)cc4)c3c2)cc(OC)c1OC. The van der Waals surface area contributed by atoms with Crippen molar-refractivity contribution in [1.29, 1.82) is 0 Å². The quantitative estimate of drug-likeness (QED) is 0.432. The number of halogens is 1. The van der Waals surface area contributed by atoms with E-state index >= 15 is 0 Å². The van der Waals surface area contributed by atoms with Gasteiger partial charge in [-0.2, -0.15) is 0 Å². The molecule has 0 fully saturated rings. The molecule has 0 spiro atoms. The minimum Gasteiger partial charge on any atom is -0.493 e. The summed E-state index contributed by atoms with van der Waals surface area (Å²) in [7, 11) is 4.55. The summed E-state index contributed by atoms with van der Waals surface area (Å²) in [6, 6.07) is 15.7. The first-order chi connectivity index (χ1) is 15.0. The lowest BCUT2D eigenvalue weighted by Crippen LogP contribution is -2.12. The number of amides is 1. The van der Waals surface area contributed by atoms with E-state index < -0.39 is 0 Å². The third kappa shape index (κ3) is 4.00. The van der Waals surface area contributed by atoms with Crippen LogP contribution in [0.25, 0.3) is 22.2 Å². The molecule has 0 saturated heterocycles. The van der Waals surface area contributed by atoms with Gasteiger partial charge in [-0.15, -0.1) is 0 Å². The number of methoxy groups -OCH3 is 3. The number of hydrogen-bond donors (Lipinski definition) is 1. The van der Waals surface area contributed by atoms with Gasteiger partial charge in [-0.25, -0.2) is 0 Å². The van der Waals surface area contributed by atoms with Crippen molar-refractivity contribution in [3.05, 3.63) is 65.2 Å². The highest BCUT2D eigenvalue weighted by atomic mass is 35.5. The molecule has 0 saturated carbocycles. The van der Waals surface area contributed by atoms with E-state index in [1.54, 1.807) is 42.5 Å². The van der Waals surface area contributed by atoms with Gasteiger partial charge < -0.3 is 24.1 Å². The van der Waals surface area contributed by atoms with Crippen LogP contribution in [-0.4, -0.2) is 32.4 Å². The highest BCUT2D eigenvalue weighted by Crippen LogP contribution is 2.40. The normalized spacial score (nSPS) is 10.7. The summed E-state index contributed by atoms with van der Waals surface area (Å²) in [5.41, 5.74) is 2.41. The molecule has 0 radical (unpaired) electrons. The third-order valence-corrected chi connectivity index (χ3v) is 5.02. The largest absolute Gasteiger partial charge is 0.493 e. The minimum absolute atomic E-state index is 0.306. The molecule has 4 rings (SSSR count). The first-order valence-electron chi connectivity index (χ1n) is 9.30. The monoisotopic (exact) mass is 438 g/mol. The Morgan fingerprint density at radius 3 is 2.23 bits per heavy atom. The molecular formula is C23H19ClN2O5. The van der Waals surface area contributed by atoms with E-state index in [0.29, 0.717) is 44.8 Å². The number of carbonyl (C=O) groups is 1. The van der Waals surface area contributed by atoms with Gasteiger partial charge in [-0.3, -0.25) is 4.79 Å². The zero-order valence-corrected chi connectivity index (χ0v) is 17.8.